The highest BCUT2D eigenvalue weighted by Gasteiger charge is 2.27. The van der Waals surface area contributed by atoms with Gasteiger partial charge in [-0.3, -0.25) is 4.79 Å². The average Bonchev–Trinajstić information content (AvgIpc) is 2.94. The lowest BCUT2D eigenvalue weighted by Gasteiger charge is -2.11. The Morgan fingerprint density at radius 2 is 1.91 bits per heavy atom. The van der Waals surface area contributed by atoms with Crippen LogP contribution < -0.4 is 11.1 Å². The summed E-state index contributed by atoms with van der Waals surface area (Å²) >= 11 is 0. The van der Waals surface area contributed by atoms with E-state index in [1.54, 1.807) is 0 Å². The molecule has 22 heavy (non-hydrogen) atoms. The summed E-state index contributed by atoms with van der Waals surface area (Å²) in [4.78, 5) is 12.0. The summed E-state index contributed by atoms with van der Waals surface area (Å²) in [5, 5.41) is 5.55. The molecular weight excluding hydrogens is 296 g/mol. The zero-order valence-corrected chi connectivity index (χ0v) is 13.4. The molecule has 3 N–H and O–H groups in total. The third-order valence-corrected chi connectivity index (χ3v) is 4.37. The van der Waals surface area contributed by atoms with E-state index < -0.39 is 0 Å². The van der Waals surface area contributed by atoms with Gasteiger partial charge in [0.1, 0.15) is 0 Å². The Balaban J connectivity index is 0.00000176. The number of carbonyl (C=O) groups is 1. The van der Waals surface area contributed by atoms with Crippen LogP contribution in [0.2, 0.25) is 0 Å². The molecule has 0 radical (unpaired) electrons. The predicted octanol–water partition coefficient (Wildman–Crippen LogP) is 3.05. The van der Waals surface area contributed by atoms with Gasteiger partial charge in [-0.15, -0.1) is 12.4 Å². The van der Waals surface area contributed by atoms with Gasteiger partial charge in [0.2, 0.25) is 5.91 Å². The van der Waals surface area contributed by atoms with Crippen molar-refractivity contribution < 1.29 is 4.79 Å². The maximum atomic E-state index is 12.0. The van der Waals surface area contributed by atoms with Gasteiger partial charge in [0.25, 0.3) is 0 Å². The monoisotopic (exact) mass is 318 g/mol. The van der Waals surface area contributed by atoms with Crippen LogP contribution in [0.1, 0.15) is 24.8 Å². The van der Waals surface area contributed by atoms with Crippen LogP contribution in [0.4, 0.5) is 0 Å². The molecule has 1 saturated carbocycles. The number of halogens is 1. The first kappa shape index (κ1) is 16.8. The Labute approximate surface area is 137 Å². The van der Waals surface area contributed by atoms with Crippen molar-refractivity contribution in [2.75, 3.05) is 6.54 Å². The molecule has 1 fully saturated rings. The summed E-state index contributed by atoms with van der Waals surface area (Å²) in [7, 11) is 0. The van der Waals surface area contributed by atoms with Gasteiger partial charge in [0.05, 0.1) is 0 Å². The maximum Gasteiger partial charge on any atom is 0.223 e. The van der Waals surface area contributed by atoms with Crippen molar-refractivity contribution >= 4 is 29.1 Å². The molecule has 2 atom stereocenters. The van der Waals surface area contributed by atoms with Crippen molar-refractivity contribution in [2.24, 2.45) is 11.7 Å². The normalized spacial score (nSPS) is 20.6. The predicted molar refractivity (Wildman–Crippen MR) is 93.2 cm³/mol. The molecule has 3 rings (SSSR count). The second kappa shape index (κ2) is 7.61. The van der Waals surface area contributed by atoms with Gasteiger partial charge >= 0.3 is 0 Å². The molecule has 4 heteroatoms. The van der Waals surface area contributed by atoms with E-state index in [4.69, 9.17) is 5.73 Å². The first-order valence-corrected chi connectivity index (χ1v) is 7.73. The second-order valence-corrected chi connectivity index (χ2v) is 5.99. The summed E-state index contributed by atoms with van der Waals surface area (Å²) in [5.74, 6) is 0.292. The lowest BCUT2D eigenvalue weighted by atomic mass is 10.0. The fourth-order valence-corrected chi connectivity index (χ4v) is 3.12. The first-order valence-electron chi connectivity index (χ1n) is 7.73. The van der Waals surface area contributed by atoms with E-state index in [0.717, 1.165) is 25.7 Å². The van der Waals surface area contributed by atoms with Gasteiger partial charge in [-0.2, -0.15) is 0 Å². The summed E-state index contributed by atoms with van der Waals surface area (Å²) < 4.78 is 0. The number of nitrogens with two attached hydrogens (primary N) is 1. The van der Waals surface area contributed by atoms with Crippen molar-refractivity contribution in [3.8, 4) is 0 Å². The topological polar surface area (TPSA) is 55.1 Å². The zero-order chi connectivity index (χ0) is 14.7. The van der Waals surface area contributed by atoms with Crippen molar-refractivity contribution in [2.45, 2.75) is 31.7 Å². The number of rotatable bonds is 4. The minimum atomic E-state index is 0. The van der Waals surface area contributed by atoms with Gasteiger partial charge in [0, 0.05) is 18.5 Å². The molecule has 118 valence electrons. The molecule has 0 spiro atoms. The molecule has 2 aromatic carbocycles. The number of carbonyl (C=O) groups excluding carboxylic acids is 1. The van der Waals surface area contributed by atoms with Gasteiger partial charge < -0.3 is 11.1 Å². The van der Waals surface area contributed by atoms with Crippen LogP contribution in [0.25, 0.3) is 10.8 Å². The minimum absolute atomic E-state index is 0. The maximum absolute atomic E-state index is 12.0. The molecule has 0 aromatic heterocycles. The van der Waals surface area contributed by atoms with Crippen molar-refractivity contribution in [1.82, 2.24) is 5.32 Å². The third kappa shape index (κ3) is 3.99. The molecular formula is C18H23ClN2O. The van der Waals surface area contributed by atoms with Gasteiger partial charge in [0.15, 0.2) is 0 Å². The highest BCUT2D eigenvalue weighted by Crippen LogP contribution is 2.24. The largest absolute Gasteiger partial charge is 0.356 e. The van der Waals surface area contributed by atoms with Crippen molar-refractivity contribution in [3.63, 3.8) is 0 Å². The number of hydrogen-bond acceptors (Lipinski definition) is 2. The van der Waals surface area contributed by atoms with E-state index in [2.05, 4.69) is 47.8 Å². The van der Waals surface area contributed by atoms with Crippen LogP contribution in [0, 0.1) is 5.92 Å². The Kier molecular flexibility index (Phi) is 5.81. The number of fused-ring (bicyclic) bond motifs is 1. The number of hydrogen-bond donors (Lipinski definition) is 2. The van der Waals surface area contributed by atoms with E-state index in [-0.39, 0.29) is 30.3 Å². The number of amides is 1. The van der Waals surface area contributed by atoms with Crippen molar-refractivity contribution in [3.05, 3.63) is 48.0 Å². The quantitative estimate of drug-likeness (QED) is 0.910. The Morgan fingerprint density at radius 1 is 1.14 bits per heavy atom. The fourth-order valence-electron chi connectivity index (χ4n) is 3.12. The van der Waals surface area contributed by atoms with Gasteiger partial charge in [-0.25, -0.2) is 0 Å². The summed E-state index contributed by atoms with van der Waals surface area (Å²) in [5.41, 5.74) is 7.12. The van der Waals surface area contributed by atoms with Crippen LogP contribution in [0.15, 0.2) is 42.5 Å². The Hall–Kier alpha value is -1.58. The Bertz CT molecular complexity index is 644. The van der Waals surface area contributed by atoms with E-state index in [9.17, 15) is 4.79 Å². The summed E-state index contributed by atoms with van der Waals surface area (Å²) in [6, 6.07) is 15.0. The van der Waals surface area contributed by atoms with E-state index in [1.807, 2.05) is 0 Å². The molecule has 0 bridgehead atoms. The average molecular weight is 319 g/mol. The van der Waals surface area contributed by atoms with Crippen LogP contribution >= 0.6 is 12.4 Å². The summed E-state index contributed by atoms with van der Waals surface area (Å²) in [6.45, 7) is 0.697. The lowest BCUT2D eigenvalue weighted by molar-refractivity contribution is -0.124. The van der Waals surface area contributed by atoms with Crippen LogP contribution in [-0.2, 0) is 11.2 Å². The second-order valence-electron chi connectivity index (χ2n) is 5.99. The van der Waals surface area contributed by atoms with Gasteiger partial charge in [-0.1, -0.05) is 42.5 Å². The lowest BCUT2D eigenvalue weighted by Crippen LogP contribution is -2.31. The molecule has 0 aliphatic heterocycles. The molecule has 3 nitrogen and oxygen atoms in total. The third-order valence-electron chi connectivity index (χ3n) is 4.37. The highest BCUT2D eigenvalue weighted by molar-refractivity contribution is 5.85. The van der Waals surface area contributed by atoms with Crippen LogP contribution in [0.3, 0.4) is 0 Å². The SMILES string of the molecule is Cl.NC1CCC(C(=O)NCCc2ccc3ccccc3c2)C1. The molecule has 0 heterocycles. The first-order chi connectivity index (χ1) is 10.2. The number of nitrogens with one attached hydrogen (secondary N) is 1. The standard InChI is InChI=1S/C18H22N2O.ClH/c19-17-8-7-16(12-17)18(21)20-10-9-13-5-6-14-3-1-2-4-15(14)11-13;/h1-6,11,16-17H,7-10,12,19H2,(H,20,21);1H. The fraction of sp³-hybridized carbons (Fsp3) is 0.389. The zero-order valence-electron chi connectivity index (χ0n) is 12.6. The van der Waals surface area contributed by atoms with E-state index in [1.165, 1.54) is 16.3 Å². The van der Waals surface area contributed by atoms with Crippen LogP contribution in [-0.4, -0.2) is 18.5 Å². The molecule has 0 saturated heterocycles. The molecule has 1 amide bonds. The van der Waals surface area contributed by atoms with E-state index in [0.29, 0.717) is 6.54 Å². The number of benzene rings is 2. The smallest absolute Gasteiger partial charge is 0.223 e. The minimum Gasteiger partial charge on any atom is -0.356 e. The van der Waals surface area contributed by atoms with Crippen LogP contribution in [0.5, 0.6) is 0 Å². The summed E-state index contributed by atoms with van der Waals surface area (Å²) in [6.07, 6.45) is 3.61. The molecule has 2 unspecified atom stereocenters. The van der Waals surface area contributed by atoms with Crippen molar-refractivity contribution in [1.29, 1.82) is 0 Å². The molecule has 1 aliphatic rings. The highest BCUT2D eigenvalue weighted by atomic mass is 35.5. The molecule has 1 aliphatic carbocycles. The van der Waals surface area contributed by atoms with E-state index >= 15 is 0 Å². The Morgan fingerprint density at radius 3 is 2.64 bits per heavy atom. The molecule has 2 aromatic rings. The van der Waals surface area contributed by atoms with Gasteiger partial charge in [-0.05, 0) is 42.0 Å².